The SMILES string of the molecule is CCc1ccc(OCCNC(=O)c2ccccc2SC)cc1. The zero-order chi connectivity index (χ0) is 15.8. The fourth-order valence-corrected chi connectivity index (χ4v) is 2.68. The highest BCUT2D eigenvalue weighted by Crippen LogP contribution is 2.19. The first-order chi connectivity index (χ1) is 10.7. The van der Waals surface area contributed by atoms with Crippen LogP contribution in [0.5, 0.6) is 5.75 Å². The third-order valence-electron chi connectivity index (χ3n) is 3.34. The van der Waals surface area contributed by atoms with Crippen LogP contribution in [0.25, 0.3) is 0 Å². The summed E-state index contributed by atoms with van der Waals surface area (Å²) in [4.78, 5) is 13.1. The molecule has 0 saturated heterocycles. The van der Waals surface area contributed by atoms with Gasteiger partial charge in [-0.05, 0) is 42.5 Å². The molecule has 0 unspecified atom stereocenters. The van der Waals surface area contributed by atoms with Crippen molar-refractivity contribution >= 4 is 17.7 Å². The summed E-state index contributed by atoms with van der Waals surface area (Å²) in [5, 5.41) is 2.89. The monoisotopic (exact) mass is 315 g/mol. The van der Waals surface area contributed by atoms with Gasteiger partial charge in [-0.1, -0.05) is 31.2 Å². The second kappa shape index (κ2) is 8.49. The molecule has 0 saturated carbocycles. The second-order valence-corrected chi connectivity index (χ2v) is 5.65. The number of amides is 1. The van der Waals surface area contributed by atoms with Crippen LogP contribution in [0, 0.1) is 0 Å². The highest BCUT2D eigenvalue weighted by Gasteiger charge is 2.09. The van der Waals surface area contributed by atoms with Crippen LogP contribution in [-0.2, 0) is 6.42 Å². The van der Waals surface area contributed by atoms with Crippen LogP contribution in [0.2, 0.25) is 0 Å². The lowest BCUT2D eigenvalue weighted by atomic mass is 10.2. The predicted molar refractivity (Wildman–Crippen MR) is 91.9 cm³/mol. The van der Waals surface area contributed by atoms with E-state index in [0.717, 1.165) is 17.1 Å². The van der Waals surface area contributed by atoms with Crippen molar-refractivity contribution in [3.05, 3.63) is 59.7 Å². The minimum atomic E-state index is -0.0603. The molecule has 0 aliphatic carbocycles. The molecule has 2 aromatic carbocycles. The number of carbonyl (C=O) groups excluding carboxylic acids is 1. The summed E-state index contributed by atoms with van der Waals surface area (Å²) in [6.07, 6.45) is 2.99. The zero-order valence-electron chi connectivity index (χ0n) is 13.0. The van der Waals surface area contributed by atoms with Crippen molar-refractivity contribution in [2.75, 3.05) is 19.4 Å². The van der Waals surface area contributed by atoms with Crippen LogP contribution in [0.1, 0.15) is 22.8 Å². The molecule has 0 heterocycles. The molecule has 0 aliphatic heterocycles. The first kappa shape index (κ1) is 16.4. The van der Waals surface area contributed by atoms with Gasteiger partial charge in [-0.2, -0.15) is 0 Å². The molecular formula is C18H21NO2S. The predicted octanol–water partition coefficient (Wildman–Crippen LogP) is 3.78. The van der Waals surface area contributed by atoms with Gasteiger partial charge in [0.15, 0.2) is 0 Å². The molecule has 0 fully saturated rings. The fraction of sp³-hybridized carbons (Fsp3) is 0.278. The van der Waals surface area contributed by atoms with Gasteiger partial charge in [0.2, 0.25) is 0 Å². The first-order valence-corrected chi connectivity index (χ1v) is 8.60. The number of rotatable bonds is 7. The molecule has 3 nitrogen and oxygen atoms in total. The molecule has 0 aliphatic rings. The Morgan fingerprint density at radius 1 is 1.14 bits per heavy atom. The minimum absolute atomic E-state index is 0.0603. The molecule has 0 atom stereocenters. The molecule has 116 valence electrons. The van der Waals surface area contributed by atoms with Crippen molar-refractivity contribution in [2.24, 2.45) is 0 Å². The lowest BCUT2D eigenvalue weighted by Gasteiger charge is -2.10. The average molecular weight is 315 g/mol. The molecule has 1 N–H and O–H groups in total. The fourth-order valence-electron chi connectivity index (χ4n) is 2.08. The summed E-state index contributed by atoms with van der Waals surface area (Å²) >= 11 is 1.57. The number of hydrogen-bond donors (Lipinski definition) is 1. The zero-order valence-corrected chi connectivity index (χ0v) is 13.8. The van der Waals surface area contributed by atoms with Crippen LogP contribution in [0.15, 0.2) is 53.4 Å². The molecule has 2 rings (SSSR count). The smallest absolute Gasteiger partial charge is 0.252 e. The minimum Gasteiger partial charge on any atom is -0.492 e. The average Bonchev–Trinajstić information content (AvgIpc) is 2.59. The van der Waals surface area contributed by atoms with Crippen LogP contribution >= 0.6 is 11.8 Å². The Morgan fingerprint density at radius 3 is 2.55 bits per heavy atom. The number of benzene rings is 2. The van der Waals surface area contributed by atoms with Gasteiger partial charge in [0.1, 0.15) is 12.4 Å². The van der Waals surface area contributed by atoms with Crippen LogP contribution < -0.4 is 10.1 Å². The second-order valence-electron chi connectivity index (χ2n) is 4.80. The van der Waals surface area contributed by atoms with E-state index in [2.05, 4.69) is 24.4 Å². The first-order valence-electron chi connectivity index (χ1n) is 7.37. The summed E-state index contributed by atoms with van der Waals surface area (Å²) in [6.45, 7) is 3.06. The third kappa shape index (κ3) is 4.53. The maximum Gasteiger partial charge on any atom is 0.252 e. The van der Waals surface area contributed by atoms with Crippen molar-refractivity contribution in [3.63, 3.8) is 0 Å². The molecular weight excluding hydrogens is 294 g/mol. The Labute approximate surface area is 136 Å². The molecule has 22 heavy (non-hydrogen) atoms. The van der Waals surface area contributed by atoms with E-state index < -0.39 is 0 Å². The molecule has 2 aromatic rings. The molecule has 0 bridgehead atoms. The van der Waals surface area contributed by atoms with E-state index in [4.69, 9.17) is 4.74 Å². The van der Waals surface area contributed by atoms with Crippen molar-refractivity contribution in [3.8, 4) is 5.75 Å². The Kier molecular flexibility index (Phi) is 6.34. The maximum absolute atomic E-state index is 12.1. The van der Waals surface area contributed by atoms with Gasteiger partial charge < -0.3 is 10.1 Å². The lowest BCUT2D eigenvalue weighted by molar-refractivity contribution is 0.0944. The lowest BCUT2D eigenvalue weighted by Crippen LogP contribution is -2.28. The highest BCUT2D eigenvalue weighted by molar-refractivity contribution is 7.98. The Morgan fingerprint density at radius 2 is 1.86 bits per heavy atom. The van der Waals surface area contributed by atoms with Crippen molar-refractivity contribution in [1.29, 1.82) is 0 Å². The van der Waals surface area contributed by atoms with E-state index in [0.29, 0.717) is 18.7 Å². The molecule has 4 heteroatoms. The summed E-state index contributed by atoms with van der Waals surface area (Å²) in [5.74, 6) is 0.769. The van der Waals surface area contributed by atoms with Crippen molar-refractivity contribution < 1.29 is 9.53 Å². The van der Waals surface area contributed by atoms with Gasteiger partial charge >= 0.3 is 0 Å². The summed E-state index contributed by atoms with van der Waals surface area (Å²) in [6, 6.07) is 15.6. The van der Waals surface area contributed by atoms with E-state index in [1.807, 2.05) is 42.7 Å². The standard InChI is InChI=1S/C18H21NO2S/c1-3-14-8-10-15(11-9-14)21-13-12-19-18(20)16-6-4-5-7-17(16)22-2/h4-11H,3,12-13H2,1-2H3,(H,19,20). The topological polar surface area (TPSA) is 38.3 Å². The summed E-state index contributed by atoms with van der Waals surface area (Å²) in [7, 11) is 0. The van der Waals surface area contributed by atoms with Crippen molar-refractivity contribution in [2.45, 2.75) is 18.2 Å². The van der Waals surface area contributed by atoms with Gasteiger partial charge in [0.05, 0.1) is 12.1 Å². The van der Waals surface area contributed by atoms with Gasteiger partial charge in [-0.15, -0.1) is 11.8 Å². The quantitative estimate of drug-likeness (QED) is 0.624. The summed E-state index contributed by atoms with van der Waals surface area (Å²) in [5.41, 5.74) is 2.00. The van der Waals surface area contributed by atoms with Crippen LogP contribution in [0.4, 0.5) is 0 Å². The number of carbonyl (C=O) groups is 1. The molecule has 0 aromatic heterocycles. The van der Waals surface area contributed by atoms with Gasteiger partial charge in [-0.3, -0.25) is 4.79 Å². The van der Waals surface area contributed by atoms with E-state index in [-0.39, 0.29) is 5.91 Å². The molecule has 0 spiro atoms. The van der Waals surface area contributed by atoms with Gasteiger partial charge in [-0.25, -0.2) is 0 Å². The summed E-state index contributed by atoms with van der Waals surface area (Å²) < 4.78 is 5.63. The van der Waals surface area contributed by atoms with E-state index in [9.17, 15) is 4.79 Å². The van der Waals surface area contributed by atoms with E-state index in [1.165, 1.54) is 5.56 Å². The number of nitrogens with one attached hydrogen (secondary N) is 1. The normalized spacial score (nSPS) is 10.3. The van der Waals surface area contributed by atoms with Crippen molar-refractivity contribution in [1.82, 2.24) is 5.32 Å². The number of ether oxygens (including phenoxy) is 1. The molecule has 0 radical (unpaired) electrons. The Bertz CT molecular complexity index is 611. The van der Waals surface area contributed by atoms with E-state index in [1.54, 1.807) is 11.8 Å². The van der Waals surface area contributed by atoms with Crippen LogP contribution in [-0.4, -0.2) is 25.3 Å². The van der Waals surface area contributed by atoms with E-state index >= 15 is 0 Å². The maximum atomic E-state index is 12.1. The van der Waals surface area contributed by atoms with Gasteiger partial charge in [0.25, 0.3) is 5.91 Å². The third-order valence-corrected chi connectivity index (χ3v) is 4.14. The largest absolute Gasteiger partial charge is 0.492 e. The Balaban J connectivity index is 1.79. The molecule has 1 amide bonds. The number of thioether (sulfide) groups is 1. The number of aryl methyl sites for hydroxylation is 1. The van der Waals surface area contributed by atoms with Crippen LogP contribution in [0.3, 0.4) is 0 Å². The van der Waals surface area contributed by atoms with Gasteiger partial charge in [0, 0.05) is 4.90 Å². The Hall–Kier alpha value is -1.94. The number of hydrogen-bond acceptors (Lipinski definition) is 3. The highest BCUT2D eigenvalue weighted by atomic mass is 32.2.